The first-order chi connectivity index (χ1) is 12.8. The van der Waals surface area contributed by atoms with Crippen molar-refractivity contribution in [1.29, 1.82) is 0 Å². The van der Waals surface area contributed by atoms with Crippen LogP contribution >= 0.6 is 12.4 Å². The molecule has 0 aliphatic carbocycles. The smallest absolute Gasteiger partial charge is 0.349 e. The zero-order valence-corrected chi connectivity index (χ0v) is 16.1. The number of nitrogens with one attached hydrogen (secondary N) is 2. The fourth-order valence-corrected chi connectivity index (χ4v) is 2.92. The van der Waals surface area contributed by atoms with Crippen LogP contribution in [-0.4, -0.2) is 70.7 Å². The van der Waals surface area contributed by atoms with Crippen molar-refractivity contribution < 1.29 is 18.0 Å². The molecule has 7 nitrogen and oxygen atoms in total. The third-order valence-electron chi connectivity index (χ3n) is 4.45. The molecule has 28 heavy (non-hydrogen) atoms. The Bertz CT molecular complexity index is 774. The molecular weight excluding hydrogens is 397 g/mol. The van der Waals surface area contributed by atoms with Gasteiger partial charge in [-0.2, -0.15) is 13.2 Å². The van der Waals surface area contributed by atoms with Crippen LogP contribution in [0.25, 0.3) is 5.69 Å². The number of carbonyl (C=O) groups excluding carboxylic acids is 1. The Hall–Kier alpha value is -2.17. The van der Waals surface area contributed by atoms with Gasteiger partial charge in [-0.05, 0) is 19.1 Å². The molecule has 1 fully saturated rings. The quantitative estimate of drug-likeness (QED) is 0.771. The number of rotatable bonds is 5. The number of nitrogens with zero attached hydrogens (tertiary/aromatic N) is 4. The third kappa shape index (κ3) is 5.43. The lowest BCUT2D eigenvalue weighted by Crippen LogP contribution is -2.57. The minimum absolute atomic E-state index is 0. The number of halogens is 4. The van der Waals surface area contributed by atoms with Crippen molar-refractivity contribution in [3.05, 3.63) is 41.7 Å². The van der Waals surface area contributed by atoms with Crippen LogP contribution in [0, 0.1) is 6.92 Å². The monoisotopic (exact) mass is 418 g/mol. The maximum absolute atomic E-state index is 13.4. The van der Waals surface area contributed by atoms with Crippen LogP contribution in [-0.2, 0) is 0 Å². The Morgan fingerprint density at radius 3 is 2.50 bits per heavy atom. The number of alkyl halides is 3. The molecule has 1 aliphatic rings. The SMILES string of the molecule is Cc1ccc(-n2cc(C(=O)NCC(N3CCNCC3)C(F)(F)F)nn2)cc1.Cl. The molecule has 0 radical (unpaired) electrons. The van der Waals surface area contributed by atoms with E-state index in [0.29, 0.717) is 18.8 Å². The predicted molar refractivity (Wildman–Crippen MR) is 100.0 cm³/mol. The van der Waals surface area contributed by atoms with Gasteiger partial charge in [0, 0.05) is 32.7 Å². The Morgan fingerprint density at radius 1 is 1.25 bits per heavy atom. The van der Waals surface area contributed by atoms with Gasteiger partial charge >= 0.3 is 6.18 Å². The highest BCUT2D eigenvalue weighted by molar-refractivity contribution is 5.91. The fraction of sp³-hybridized carbons (Fsp3) is 0.471. The number of benzene rings is 1. The molecule has 2 aromatic rings. The average molecular weight is 419 g/mol. The Balaban J connectivity index is 0.00000280. The first-order valence-electron chi connectivity index (χ1n) is 8.63. The van der Waals surface area contributed by atoms with E-state index >= 15 is 0 Å². The summed E-state index contributed by atoms with van der Waals surface area (Å²) in [5.41, 5.74) is 1.75. The minimum Gasteiger partial charge on any atom is -0.349 e. The van der Waals surface area contributed by atoms with Crippen LogP contribution in [0.5, 0.6) is 0 Å². The molecule has 1 unspecified atom stereocenters. The second-order valence-corrected chi connectivity index (χ2v) is 6.44. The number of aryl methyl sites for hydroxylation is 1. The molecule has 0 spiro atoms. The van der Waals surface area contributed by atoms with Gasteiger partial charge in [-0.25, -0.2) is 4.68 Å². The number of piperazine rings is 1. The number of amides is 1. The van der Waals surface area contributed by atoms with Crippen LogP contribution < -0.4 is 10.6 Å². The molecule has 0 bridgehead atoms. The average Bonchev–Trinajstić information content (AvgIpc) is 3.12. The zero-order valence-electron chi connectivity index (χ0n) is 15.2. The van der Waals surface area contributed by atoms with E-state index in [1.54, 1.807) is 0 Å². The largest absolute Gasteiger partial charge is 0.405 e. The van der Waals surface area contributed by atoms with Crippen molar-refractivity contribution in [2.24, 2.45) is 0 Å². The van der Waals surface area contributed by atoms with Gasteiger partial charge < -0.3 is 10.6 Å². The summed E-state index contributed by atoms with van der Waals surface area (Å²) < 4.78 is 41.5. The summed E-state index contributed by atoms with van der Waals surface area (Å²) in [5.74, 6) is -0.683. The van der Waals surface area contributed by atoms with Crippen LogP contribution in [0.15, 0.2) is 30.5 Å². The van der Waals surface area contributed by atoms with Crippen LogP contribution in [0.3, 0.4) is 0 Å². The van der Waals surface area contributed by atoms with Gasteiger partial charge in [0.15, 0.2) is 5.69 Å². The first kappa shape index (κ1) is 22.1. The maximum atomic E-state index is 13.4. The second-order valence-electron chi connectivity index (χ2n) is 6.44. The van der Waals surface area contributed by atoms with Gasteiger partial charge in [-0.1, -0.05) is 22.9 Å². The Kier molecular flexibility index (Phi) is 7.39. The van der Waals surface area contributed by atoms with Crippen molar-refractivity contribution in [3.63, 3.8) is 0 Å². The summed E-state index contributed by atoms with van der Waals surface area (Å²) in [6, 6.07) is 5.68. The number of aromatic nitrogens is 3. The molecule has 1 amide bonds. The molecular formula is C17H22ClF3N6O. The van der Waals surface area contributed by atoms with E-state index in [1.807, 2.05) is 31.2 Å². The highest BCUT2D eigenvalue weighted by Gasteiger charge is 2.43. The number of carbonyl (C=O) groups is 1. The van der Waals surface area contributed by atoms with Gasteiger partial charge in [0.05, 0.1) is 11.9 Å². The number of hydrogen-bond acceptors (Lipinski definition) is 5. The summed E-state index contributed by atoms with van der Waals surface area (Å²) in [5, 5.41) is 13.0. The summed E-state index contributed by atoms with van der Waals surface area (Å²) in [7, 11) is 0. The van der Waals surface area contributed by atoms with Gasteiger partial charge in [0.25, 0.3) is 5.91 Å². The Labute approximate surface area is 166 Å². The lowest BCUT2D eigenvalue weighted by atomic mass is 10.2. The van der Waals surface area contributed by atoms with E-state index in [9.17, 15) is 18.0 Å². The summed E-state index contributed by atoms with van der Waals surface area (Å²) in [4.78, 5) is 13.6. The standard InChI is InChI=1S/C17H21F3N6O.ClH/c1-12-2-4-13(5-3-12)26-11-14(23-24-26)16(27)22-10-15(17(18,19)20)25-8-6-21-7-9-25;/h2-5,11,15,21H,6-10H2,1H3,(H,22,27);1H. The molecule has 2 heterocycles. The molecule has 0 saturated carbocycles. The van der Waals surface area contributed by atoms with Gasteiger partial charge in [0.1, 0.15) is 6.04 Å². The lowest BCUT2D eigenvalue weighted by Gasteiger charge is -2.35. The molecule has 1 saturated heterocycles. The molecule has 1 aromatic carbocycles. The van der Waals surface area contributed by atoms with E-state index in [-0.39, 0.29) is 31.2 Å². The van der Waals surface area contributed by atoms with E-state index in [0.717, 1.165) is 5.56 Å². The molecule has 11 heteroatoms. The third-order valence-corrected chi connectivity index (χ3v) is 4.45. The second kappa shape index (κ2) is 9.35. The molecule has 154 valence electrons. The minimum atomic E-state index is -4.43. The summed E-state index contributed by atoms with van der Waals surface area (Å²) in [6.45, 7) is 2.96. The van der Waals surface area contributed by atoms with Gasteiger partial charge in [-0.15, -0.1) is 17.5 Å². The van der Waals surface area contributed by atoms with E-state index in [4.69, 9.17) is 0 Å². The zero-order chi connectivity index (χ0) is 19.4. The first-order valence-corrected chi connectivity index (χ1v) is 8.63. The summed E-state index contributed by atoms with van der Waals surface area (Å²) >= 11 is 0. The normalized spacial score (nSPS) is 16.3. The Morgan fingerprint density at radius 2 is 1.89 bits per heavy atom. The van der Waals surface area contributed by atoms with Crippen molar-refractivity contribution in [1.82, 2.24) is 30.5 Å². The van der Waals surface area contributed by atoms with Crippen molar-refractivity contribution in [2.45, 2.75) is 19.1 Å². The highest BCUT2D eigenvalue weighted by atomic mass is 35.5. The van der Waals surface area contributed by atoms with E-state index in [1.165, 1.54) is 15.8 Å². The molecule has 1 aromatic heterocycles. The van der Waals surface area contributed by atoms with Gasteiger partial charge in [0.2, 0.25) is 0 Å². The molecule has 2 N–H and O–H groups in total. The summed E-state index contributed by atoms with van der Waals surface area (Å²) in [6.07, 6.45) is -3.03. The van der Waals surface area contributed by atoms with Gasteiger partial charge in [-0.3, -0.25) is 9.69 Å². The number of hydrogen-bond donors (Lipinski definition) is 2. The lowest BCUT2D eigenvalue weighted by molar-refractivity contribution is -0.183. The van der Waals surface area contributed by atoms with Crippen molar-refractivity contribution >= 4 is 18.3 Å². The fourth-order valence-electron chi connectivity index (χ4n) is 2.92. The van der Waals surface area contributed by atoms with Crippen LogP contribution in [0.1, 0.15) is 16.1 Å². The van der Waals surface area contributed by atoms with Crippen LogP contribution in [0.4, 0.5) is 13.2 Å². The predicted octanol–water partition coefficient (Wildman–Crippen LogP) is 1.56. The molecule has 1 aliphatic heterocycles. The van der Waals surface area contributed by atoms with Crippen molar-refractivity contribution in [2.75, 3.05) is 32.7 Å². The van der Waals surface area contributed by atoms with E-state index < -0.39 is 24.7 Å². The maximum Gasteiger partial charge on any atom is 0.405 e. The van der Waals surface area contributed by atoms with Crippen LogP contribution in [0.2, 0.25) is 0 Å². The van der Waals surface area contributed by atoms with E-state index in [2.05, 4.69) is 20.9 Å². The molecule has 3 rings (SSSR count). The highest BCUT2D eigenvalue weighted by Crippen LogP contribution is 2.24. The van der Waals surface area contributed by atoms with Crippen molar-refractivity contribution in [3.8, 4) is 5.69 Å². The topological polar surface area (TPSA) is 75.1 Å². The molecule has 1 atom stereocenters.